The third kappa shape index (κ3) is 6.46. The van der Waals surface area contributed by atoms with Crippen LogP contribution in [0.15, 0.2) is 77.8 Å². The molecule has 2 fully saturated rings. The van der Waals surface area contributed by atoms with Crippen LogP contribution in [0.25, 0.3) is 0 Å². The van der Waals surface area contributed by atoms with Crippen molar-refractivity contribution in [3.63, 3.8) is 0 Å². The van der Waals surface area contributed by atoms with Crippen molar-refractivity contribution in [3.8, 4) is 17.6 Å². The van der Waals surface area contributed by atoms with E-state index in [0.717, 1.165) is 66.8 Å². The van der Waals surface area contributed by atoms with Crippen LogP contribution in [0, 0.1) is 17.2 Å². The third-order valence-corrected chi connectivity index (χ3v) is 9.66. The molecule has 2 N–H and O–H groups in total. The molecule has 6 rings (SSSR count). The van der Waals surface area contributed by atoms with Gasteiger partial charge in [0.15, 0.2) is 0 Å². The number of nitrogens with zero attached hydrogens (tertiary/aromatic N) is 3. The molecule has 2 unspecified atom stereocenters. The minimum Gasteiger partial charge on any atom is -0.457 e. The van der Waals surface area contributed by atoms with Crippen molar-refractivity contribution in [3.05, 3.63) is 89.5 Å². The molecule has 2 saturated carbocycles. The zero-order chi connectivity index (χ0) is 29.6. The van der Waals surface area contributed by atoms with E-state index in [1.807, 2.05) is 59.5 Å². The fourth-order valence-corrected chi connectivity index (χ4v) is 7.61. The number of aliphatic imine (C=N–C) groups is 1. The fraction of sp³-hybridized carbons (Fsp3) is 0.432. The van der Waals surface area contributed by atoms with Gasteiger partial charge in [0.05, 0.1) is 24.1 Å². The van der Waals surface area contributed by atoms with Crippen molar-refractivity contribution in [1.29, 1.82) is 5.26 Å². The first-order chi connectivity index (χ1) is 21.1. The van der Waals surface area contributed by atoms with E-state index < -0.39 is 0 Å². The summed E-state index contributed by atoms with van der Waals surface area (Å²) in [6.07, 6.45) is 11.8. The van der Waals surface area contributed by atoms with E-state index in [-0.39, 0.29) is 23.8 Å². The summed E-state index contributed by atoms with van der Waals surface area (Å²) in [7, 11) is 0. The second-order valence-electron chi connectivity index (χ2n) is 12.4. The lowest BCUT2D eigenvalue weighted by atomic mass is 9.69. The molecule has 0 spiro atoms. The van der Waals surface area contributed by atoms with Gasteiger partial charge in [0, 0.05) is 24.1 Å². The summed E-state index contributed by atoms with van der Waals surface area (Å²) in [6.45, 7) is 0.482. The number of nitriles is 1. The molecule has 2 atom stereocenters. The van der Waals surface area contributed by atoms with Gasteiger partial charge in [-0.15, -0.1) is 0 Å². The average molecular weight is 575 g/mol. The van der Waals surface area contributed by atoms with Crippen LogP contribution in [0.2, 0.25) is 0 Å². The van der Waals surface area contributed by atoms with Gasteiger partial charge in [-0.2, -0.15) is 5.26 Å². The summed E-state index contributed by atoms with van der Waals surface area (Å²) in [5, 5.41) is 9.34. The molecular formula is C37H42N4O2. The van der Waals surface area contributed by atoms with E-state index >= 15 is 0 Å². The Morgan fingerprint density at radius 1 is 0.907 bits per heavy atom. The van der Waals surface area contributed by atoms with Crippen LogP contribution >= 0.6 is 0 Å². The lowest BCUT2D eigenvalue weighted by molar-refractivity contribution is 0.0639. The van der Waals surface area contributed by atoms with Gasteiger partial charge in [0.2, 0.25) is 0 Å². The molecule has 0 radical (unpaired) electrons. The topological polar surface area (TPSA) is 91.7 Å². The Labute approximate surface area is 255 Å². The zero-order valence-corrected chi connectivity index (χ0v) is 25.0. The van der Waals surface area contributed by atoms with Crippen molar-refractivity contribution in [2.45, 2.75) is 88.5 Å². The van der Waals surface area contributed by atoms with E-state index in [2.05, 4.69) is 24.3 Å². The number of ether oxygens (including phenoxy) is 1. The lowest BCUT2D eigenvalue weighted by Crippen LogP contribution is -2.42. The molecule has 6 nitrogen and oxygen atoms in total. The van der Waals surface area contributed by atoms with Crippen LogP contribution in [0.4, 0.5) is 5.69 Å². The summed E-state index contributed by atoms with van der Waals surface area (Å²) in [4.78, 5) is 20.9. The molecule has 1 amide bonds. The minimum absolute atomic E-state index is 0.0402. The summed E-state index contributed by atoms with van der Waals surface area (Å²) in [5.41, 5.74) is 10.6. The number of benzene rings is 3. The Bertz CT molecular complexity index is 1480. The van der Waals surface area contributed by atoms with Crippen LogP contribution in [0.5, 0.6) is 11.5 Å². The zero-order valence-electron chi connectivity index (χ0n) is 25.0. The molecule has 222 valence electrons. The van der Waals surface area contributed by atoms with Crippen molar-refractivity contribution < 1.29 is 9.53 Å². The number of rotatable bonds is 9. The van der Waals surface area contributed by atoms with Crippen LogP contribution in [0.1, 0.15) is 104 Å². The maximum atomic E-state index is 14.1. The first kappa shape index (κ1) is 29.0. The molecule has 3 aromatic carbocycles. The first-order valence-corrected chi connectivity index (χ1v) is 16.1. The Hall–Kier alpha value is -4.11. The number of amidine groups is 1. The summed E-state index contributed by atoms with van der Waals surface area (Å²) >= 11 is 0. The molecule has 1 heterocycles. The highest BCUT2D eigenvalue weighted by molar-refractivity contribution is 5.97. The Balaban J connectivity index is 1.35. The average Bonchev–Trinajstić information content (AvgIpc) is 3.37. The standard InChI is InChI=1S/C37H42N4O2/c38-22-11-23-41(29-16-6-2-7-17-29)37(42)28-15-10-14-27(24-28)34(26-12-4-1-5-13-26)35-32-25-31(20-21-33(32)40-36(35)39)43-30-18-8-3-9-19-30/h3,8-10,14-15,18-21,24-26,29,34-35H,1-2,4-7,11-13,16-17,23H2,(H2,39,40). The molecule has 0 bridgehead atoms. The Morgan fingerprint density at radius 3 is 2.40 bits per heavy atom. The van der Waals surface area contributed by atoms with Crippen molar-refractivity contribution >= 4 is 17.4 Å². The number of hydrogen-bond acceptors (Lipinski definition) is 5. The van der Waals surface area contributed by atoms with Gasteiger partial charge < -0.3 is 15.4 Å². The van der Waals surface area contributed by atoms with Gasteiger partial charge in [-0.05, 0) is 85.2 Å². The van der Waals surface area contributed by atoms with Gasteiger partial charge in [-0.3, -0.25) is 4.79 Å². The molecule has 6 heteroatoms. The van der Waals surface area contributed by atoms with Gasteiger partial charge in [-0.1, -0.05) is 68.9 Å². The number of fused-ring (bicyclic) bond motifs is 1. The highest BCUT2D eigenvalue weighted by Crippen LogP contribution is 2.50. The predicted octanol–water partition coefficient (Wildman–Crippen LogP) is 8.62. The molecular weight excluding hydrogens is 532 g/mol. The Kier molecular flexibility index (Phi) is 9.07. The molecule has 0 aromatic heterocycles. The maximum Gasteiger partial charge on any atom is 0.254 e. The van der Waals surface area contributed by atoms with E-state index in [0.29, 0.717) is 30.3 Å². The second kappa shape index (κ2) is 13.5. The highest BCUT2D eigenvalue weighted by atomic mass is 16.5. The van der Waals surface area contributed by atoms with Crippen LogP contribution in [-0.4, -0.2) is 29.2 Å². The molecule has 3 aliphatic rings. The highest BCUT2D eigenvalue weighted by Gasteiger charge is 2.39. The van der Waals surface area contributed by atoms with E-state index in [1.54, 1.807) is 0 Å². The van der Waals surface area contributed by atoms with Crippen molar-refractivity contribution in [2.75, 3.05) is 6.54 Å². The SMILES string of the molecule is N#CCCN(C(=O)c1cccc(C(C2CCCCC2)C2C(N)=Nc3ccc(Oc4ccccc4)cc32)c1)C1CCCCC1. The number of carbonyl (C=O) groups excluding carboxylic acids is 1. The van der Waals surface area contributed by atoms with Gasteiger partial charge in [0.25, 0.3) is 5.91 Å². The van der Waals surface area contributed by atoms with Gasteiger partial charge >= 0.3 is 0 Å². The smallest absolute Gasteiger partial charge is 0.254 e. The number of nitrogens with two attached hydrogens (primary N) is 1. The van der Waals surface area contributed by atoms with Crippen LogP contribution < -0.4 is 10.5 Å². The number of para-hydroxylation sites is 1. The van der Waals surface area contributed by atoms with E-state index in [9.17, 15) is 10.1 Å². The summed E-state index contributed by atoms with van der Waals surface area (Å²) in [6, 6.07) is 26.6. The number of amides is 1. The monoisotopic (exact) mass is 574 g/mol. The van der Waals surface area contributed by atoms with Crippen molar-refractivity contribution in [2.24, 2.45) is 16.6 Å². The third-order valence-electron chi connectivity index (χ3n) is 9.66. The van der Waals surface area contributed by atoms with Gasteiger partial charge in [0.1, 0.15) is 17.3 Å². The van der Waals surface area contributed by atoms with Gasteiger partial charge in [-0.25, -0.2) is 4.99 Å². The van der Waals surface area contributed by atoms with Crippen LogP contribution in [-0.2, 0) is 0 Å². The van der Waals surface area contributed by atoms with Crippen LogP contribution in [0.3, 0.4) is 0 Å². The maximum absolute atomic E-state index is 14.1. The van der Waals surface area contributed by atoms with E-state index in [1.165, 1.54) is 25.7 Å². The molecule has 0 saturated heterocycles. The summed E-state index contributed by atoms with van der Waals surface area (Å²) < 4.78 is 6.22. The summed E-state index contributed by atoms with van der Waals surface area (Å²) in [5.74, 6) is 2.70. The fourth-order valence-electron chi connectivity index (χ4n) is 7.61. The predicted molar refractivity (Wildman–Crippen MR) is 171 cm³/mol. The quantitative estimate of drug-likeness (QED) is 0.277. The molecule has 3 aromatic rings. The lowest BCUT2D eigenvalue weighted by Gasteiger charge is -2.36. The Morgan fingerprint density at radius 2 is 1.65 bits per heavy atom. The van der Waals surface area contributed by atoms with Crippen molar-refractivity contribution in [1.82, 2.24) is 4.90 Å². The first-order valence-electron chi connectivity index (χ1n) is 16.1. The second-order valence-corrected chi connectivity index (χ2v) is 12.4. The number of hydrogen-bond donors (Lipinski definition) is 1. The molecule has 1 aliphatic heterocycles. The molecule has 43 heavy (non-hydrogen) atoms. The largest absolute Gasteiger partial charge is 0.457 e. The van der Waals surface area contributed by atoms with E-state index in [4.69, 9.17) is 15.5 Å². The molecule has 2 aliphatic carbocycles. The number of carbonyl (C=O) groups is 1. The minimum atomic E-state index is -0.0872. The normalized spacial score (nSPS) is 19.6.